The van der Waals surface area contributed by atoms with E-state index < -0.39 is 0 Å². The molecule has 40 heavy (non-hydrogen) atoms. The number of aryl methyl sites for hydroxylation is 1. The van der Waals surface area contributed by atoms with E-state index in [4.69, 9.17) is 9.47 Å². The van der Waals surface area contributed by atoms with Crippen LogP contribution in [-0.4, -0.2) is 46.4 Å². The molecule has 2 aromatic heterocycles. The van der Waals surface area contributed by atoms with Crippen LogP contribution < -0.4 is 14.8 Å². The van der Waals surface area contributed by atoms with Gasteiger partial charge in [0.25, 0.3) is 5.91 Å². The molecule has 8 nitrogen and oxygen atoms in total. The van der Waals surface area contributed by atoms with Gasteiger partial charge in [0.1, 0.15) is 17.2 Å². The fourth-order valence-electron chi connectivity index (χ4n) is 5.31. The minimum Gasteiger partial charge on any atom is -0.494 e. The molecule has 3 aliphatic heterocycles. The molecule has 0 radical (unpaired) electrons. The Balaban J connectivity index is 1.35. The van der Waals surface area contributed by atoms with Crippen LogP contribution in [0.15, 0.2) is 85.5 Å². The molecule has 3 aliphatic rings. The number of amides is 2. The van der Waals surface area contributed by atoms with Gasteiger partial charge in [0.2, 0.25) is 5.91 Å². The van der Waals surface area contributed by atoms with Crippen molar-refractivity contribution in [2.45, 2.75) is 31.7 Å². The molecule has 2 aromatic carbocycles. The van der Waals surface area contributed by atoms with Crippen LogP contribution in [0.5, 0.6) is 17.2 Å². The van der Waals surface area contributed by atoms with Crippen LogP contribution in [0, 0.1) is 0 Å². The van der Waals surface area contributed by atoms with Crippen molar-refractivity contribution in [3.05, 3.63) is 113 Å². The Morgan fingerprint density at radius 3 is 2.77 bits per heavy atom. The summed E-state index contributed by atoms with van der Waals surface area (Å²) in [4.78, 5) is 36.5. The van der Waals surface area contributed by atoms with Crippen LogP contribution in [0.4, 0.5) is 0 Å². The maximum absolute atomic E-state index is 13.6. The molecule has 8 heteroatoms. The summed E-state index contributed by atoms with van der Waals surface area (Å²) in [5.74, 6) is 1.79. The Hall–Kier alpha value is -4.72. The van der Waals surface area contributed by atoms with Crippen molar-refractivity contribution in [1.29, 1.82) is 0 Å². The van der Waals surface area contributed by atoms with Gasteiger partial charge < -0.3 is 19.7 Å². The van der Waals surface area contributed by atoms with Crippen molar-refractivity contribution in [3.8, 4) is 17.2 Å². The van der Waals surface area contributed by atoms with Crippen molar-refractivity contribution in [1.82, 2.24) is 20.2 Å². The number of fused-ring (bicyclic) bond motifs is 6. The summed E-state index contributed by atoms with van der Waals surface area (Å²) in [7, 11) is 0. The van der Waals surface area contributed by atoms with Gasteiger partial charge in [0.15, 0.2) is 0 Å². The normalized spacial score (nSPS) is 16.6. The topological polar surface area (TPSA) is 93.7 Å². The number of ether oxygens (including phenoxy) is 2. The molecular weight excluding hydrogens is 504 g/mol. The van der Waals surface area contributed by atoms with Gasteiger partial charge in [-0.05, 0) is 84.0 Å². The molecule has 8 bridgehead atoms. The van der Waals surface area contributed by atoms with E-state index in [1.54, 1.807) is 24.7 Å². The first-order chi connectivity index (χ1) is 19.6. The minimum atomic E-state index is -0.241. The molecule has 1 N–H and O–H groups in total. The fourth-order valence-corrected chi connectivity index (χ4v) is 5.31. The predicted octanol–water partition coefficient (Wildman–Crippen LogP) is 4.89. The maximum Gasteiger partial charge on any atom is 0.252 e. The first-order valence-corrected chi connectivity index (χ1v) is 13.6. The number of carbonyl (C=O) groups excluding carboxylic acids is 2. The highest BCUT2D eigenvalue weighted by Crippen LogP contribution is 2.39. The summed E-state index contributed by atoms with van der Waals surface area (Å²) < 4.78 is 12.2. The lowest BCUT2D eigenvalue weighted by Gasteiger charge is -2.38. The quantitative estimate of drug-likeness (QED) is 0.402. The van der Waals surface area contributed by atoms with E-state index in [1.165, 1.54) is 6.20 Å². The number of benzene rings is 2. The van der Waals surface area contributed by atoms with Gasteiger partial charge in [-0.2, -0.15) is 0 Å². The van der Waals surface area contributed by atoms with Crippen molar-refractivity contribution in [2.24, 2.45) is 0 Å². The van der Waals surface area contributed by atoms with Crippen molar-refractivity contribution in [3.63, 3.8) is 0 Å². The predicted molar refractivity (Wildman–Crippen MR) is 149 cm³/mol. The highest BCUT2D eigenvalue weighted by molar-refractivity contribution is 5.94. The van der Waals surface area contributed by atoms with E-state index in [2.05, 4.69) is 21.4 Å². The second kappa shape index (κ2) is 11.6. The Morgan fingerprint density at radius 2 is 1.88 bits per heavy atom. The molecule has 2 amide bonds. The molecule has 0 saturated heterocycles. The van der Waals surface area contributed by atoms with Crippen LogP contribution in [0.3, 0.4) is 0 Å². The number of nitrogens with zero attached hydrogens (tertiary/aromatic N) is 3. The zero-order valence-electron chi connectivity index (χ0n) is 22.1. The van der Waals surface area contributed by atoms with Gasteiger partial charge in [0.05, 0.1) is 24.4 Å². The second-order valence-corrected chi connectivity index (χ2v) is 10.00. The van der Waals surface area contributed by atoms with Gasteiger partial charge in [-0.25, -0.2) is 0 Å². The Kier molecular flexibility index (Phi) is 7.39. The van der Waals surface area contributed by atoms with Crippen LogP contribution in [0.1, 0.15) is 51.5 Å². The largest absolute Gasteiger partial charge is 0.494 e. The van der Waals surface area contributed by atoms with Gasteiger partial charge >= 0.3 is 0 Å². The summed E-state index contributed by atoms with van der Waals surface area (Å²) in [6.45, 7) is 1.51. The fraction of sp³-hybridized carbons (Fsp3) is 0.250. The Labute approximate surface area is 233 Å². The van der Waals surface area contributed by atoms with E-state index in [-0.39, 0.29) is 17.9 Å². The third kappa shape index (κ3) is 5.66. The Bertz CT molecular complexity index is 1520. The smallest absolute Gasteiger partial charge is 0.252 e. The van der Waals surface area contributed by atoms with E-state index in [0.29, 0.717) is 62.4 Å². The monoisotopic (exact) mass is 534 g/mol. The van der Waals surface area contributed by atoms with Crippen LogP contribution >= 0.6 is 0 Å². The summed E-state index contributed by atoms with van der Waals surface area (Å²) in [5, 5.41) is 2.91. The summed E-state index contributed by atoms with van der Waals surface area (Å²) in [6.07, 6.45) is 9.08. The number of hydrogen-bond acceptors (Lipinski definition) is 6. The van der Waals surface area contributed by atoms with Gasteiger partial charge in [0, 0.05) is 38.1 Å². The van der Waals surface area contributed by atoms with Crippen LogP contribution in [0.25, 0.3) is 0 Å². The second-order valence-electron chi connectivity index (χ2n) is 10.00. The molecule has 4 aromatic rings. The highest BCUT2D eigenvalue weighted by atomic mass is 16.5. The summed E-state index contributed by atoms with van der Waals surface area (Å²) >= 11 is 0. The molecule has 1 atom stereocenters. The van der Waals surface area contributed by atoms with Gasteiger partial charge in [-0.3, -0.25) is 19.6 Å². The van der Waals surface area contributed by atoms with E-state index in [1.807, 2.05) is 53.4 Å². The SMILES string of the molecule is O=C1NCCCOc2cccc(c2)C2c3ccc(cc3CCN2C(=O)CCc2ccncc2)Oc2cncc1c2. The number of pyridine rings is 2. The number of nitrogens with one attached hydrogen (secondary N) is 1. The molecule has 0 fully saturated rings. The molecule has 0 aliphatic carbocycles. The molecule has 5 heterocycles. The van der Waals surface area contributed by atoms with Crippen molar-refractivity contribution < 1.29 is 19.1 Å². The standard InChI is InChI=1S/C32H30N4O4/c37-30(8-5-22-9-13-33-14-10-22)36-15-11-23-17-27-6-7-29(23)31(36)24-3-1-4-26(18-24)39-16-2-12-35-32(38)25-19-28(40-27)21-34-20-25/h1,3-4,6-7,9-10,13-14,17-21,31H,2,5,8,11-12,15-16H2,(H,35,38). The first kappa shape index (κ1) is 25.6. The number of aromatic nitrogens is 2. The van der Waals surface area contributed by atoms with Gasteiger partial charge in [-0.15, -0.1) is 0 Å². The minimum absolute atomic E-state index is 0.111. The lowest BCUT2D eigenvalue weighted by atomic mass is 9.87. The van der Waals surface area contributed by atoms with E-state index in [0.717, 1.165) is 28.0 Å². The van der Waals surface area contributed by atoms with Crippen molar-refractivity contribution >= 4 is 11.8 Å². The zero-order valence-corrected chi connectivity index (χ0v) is 22.1. The van der Waals surface area contributed by atoms with E-state index >= 15 is 0 Å². The summed E-state index contributed by atoms with van der Waals surface area (Å²) in [5.41, 5.74) is 4.72. The third-order valence-corrected chi connectivity index (χ3v) is 7.30. The average Bonchev–Trinajstić information content (AvgIpc) is 2.99. The average molecular weight is 535 g/mol. The molecular formula is C32H30N4O4. The van der Waals surface area contributed by atoms with Crippen LogP contribution in [-0.2, 0) is 17.6 Å². The lowest BCUT2D eigenvalue weighted by Crippen LogP contribution is -2.40. The Morgan fingerprint density at radius 1 is 0.975 bits per heavy atom. The van der Waals surface area contributed by atoms with Gasteiger partial charge in [-0.1, -0.05) is 18.2 Å². The number of rotatable bonds is 3. The highest BCUT2D eigenvalue weighted by Gasteiger charge is 2.32. The molecule has 0 spiro atoms. The molecule has 202 valence electrons. The first-order valence-electron chi connectivity index (χ1n) is 13.6. The molecule has 1 unspecified atom stereocenters. The molecule has 7 rings (SSSR count). The lowest BCUT2D eigenvalue weighted by molar-refractivity contribution is -0.133. The molecule has 0 saturated carbocycles. The zero-order chi connectivity index (χ0) is 27.3. The third-order valence-electron chi connectivity index (χ3n) is 7.30. The summed E-state index contributed by atoms with van der Waals surface area (Å²) in [6, 6.07) is 19.3. The van der Waals surface area contributed by atoms with E-state index in [9.17, 15) is 9.59 Å². The maximum atomic E-state index is 13.6. The van der Waals surface area contributed by atoms with Crippen LogP contribution in [0.2, 0.25) is 0 Å². The van der Waals surface area contributed by atoms with Crippen molar-refractivity contribution in [2.75, 3.05) is 19.7 Å². The number of hydrogen-bond donors (Lipinski definition) is 1. The number of carbonyl (C=O) groups is 2.